The van der Waals surface area contributed by atoms with Gasteiger partial charge in [-0.2, -0.15) is 13.2 Å². The van der Waals surface area contributed by atoms with E-state index in [9.17, 15) is 22.8 Å². The van der Waals surface area contributed by atoms with Gasteiger partial charge in [0.25, 0.3) is 5.91 Å². The highest BCUT2D eigenvalue weighted by molar-refractivity contribution is 5.93. The van der Waals surface area contributed by atoms with E-state index in [1.165, 1.54) is 29.7 Å². The van der Waals surface area contributed by atoms with Gasteiger partial charge < -0.3 is 5.32 Å². The Balaban J connectivity index is 2.12. The highest BCUT2D eigenvalue weighted by atomic mass is 19.4. The maximum absolute atomic E-state index is 12.8. The topological polar surface area (TPSA) is 78.4 Å². The van der Waals surface area contributed by atoms with Crippen molar-refractivity contribution < 1.29 is 28.0 Å². The molecule has 0 aromatic heterocycles. The van der Waals surface area contributed by atoms with Crippen molar-refractivity contribution in [1.82, 2.24) is 10.8 Å². The summed E-state index contributed by atoms with van der Waals surface area (Å²) in [6, 6.07) is 10.6. The summed E-state index contributed by atoms with van der Waals surface area (Å²) in [5.41, 5.74) is 2.00. The molecular weight excluding hydrogens is 373 g/mol. The van der Waals surface area contributed by atoms with E-state index in [2.05, 4.69) is 5.32 Å². The number of alkyl halides is 3. The second kappa shape index (κ2) is 8.88. The van der Waals surface area contributed by atoms with Crippen LogP contribution in [0.5, 0.6) is 0 Å². The van der Waals surface area contributed by atoms with Crippen LogP contribution in [-0.4, -0.2) is 17.0 Å². The van der Waals surface area contributed by atoms with Gasteiger partial charge in [0.15, 0.2) is 0 Å². The predicted octanol–water partition coefficient (Wildman–Crippen LogP) is 3.88. The largest absolute Gasteiger partial charge is 0.416 e. The van der Waals surface area contributed by atoms with Gasteiger partial charge in [0.2, 0.25) is 5.91 Å². The molecule has 2 amide bonds. The number of hydrogen-bond acceptors (Lipinski definition) is 3. The summed E-state index contributed by atoms with van der Waals surface area (Å²) >= 11 is 0. The molecule has 0 aliphatic rings. The average molecular weight is 394 g/mol. The molecule has 2 aromatic carbocycles. The molecule has 0 fully saturated rings. The number of carbonyl (C=O) groups is 2. The fourth-order valence-corrected chi connectivity index (χ4v) is 2.81. The summed E-state index contributed by atoms with van der Waals surface area (Å²) in [4.78, 5) is 23.8. The van der Waals surface area contributed by atoms with Gasteiger partial charge in [-0.05, 0) is 35.2 Å². The Morgan fingerprint density at radius 2 is 1.71 bits per heavy atom. The summed E-state index contributed by atoms with van der Waals surface area (Å²) in [6.07, 6.45) is -4.65. The van der Waals surface area contributed by atoms with Crippen molar-refractivity contribution in [2.75, 3.05) is 0 Å². The fraction of sp³-hybridized carbons (Fsp3) is 0.300. The molecule has 0 aliphatic carbocycles. The van der Waals surface area contributed by atoms with Gasteiger partial charge in [0, 0.05) is 5.56 Å². The Bertz CT molecular complexity index is 833. The first-order valence-corrected chi connectivity index (χ1v) is 8.61. The average Bonchev–Trinajstić information content (AvgIpc) is 2.65. The highest BCUT2D eigenvalue weighted by Gasteiger charge is 2.30. The van der Waals surface area contributed by atoms with E-state index < -0.39 is 23.6 Å². The van der Waals surface area contributed by atoms with Gasteiger partial charge >= 0.3 is 6.18 Å². The molecule has 0 radical (unpaired) electrons. The summed E-state index contributed by atoms with van der Waals surface area (Å²) in [5, 5.41) is 11.5. The zero-order chi connectivity index (χ0) is 20.9. The number of amides is 2. The van der Waals surface area contributed by atoms with Crippen molar-refractivity contribution in [2.24, 2.45) is 5.92 Å². The van der Waals surface area contributed by atoms with Gasteiger partial charge in [0.05, 0.1) is 18.0 Å². The molecule has 0 spiro atoms. The fourth-order valence-electron chi connectivity index (χ4n) is 2.81. The quantitative estimate of drug-likeness (QED) is 0.514. The van der Waals surface area contributed by atoms with E-state index in [4.69, 9.17) is 5.21 Å². The smallest absolute Gasteiger partial charge is 0.349 e. The summed E-state index contributed by atoms with van der Waals surface area (Å²) in [7, 11) is 0. The maximum atomic E-state index is 12.8. The number of halogens is 3. The SMILES string of the molecule is CC(C)C(NC(=O)Cc1cccc(C(F)(F)F)c1)c1ccc(C(=O)NO)cc1. The molecule has 2 rings (SSSR count). The zero-order valence-electron chi connectivity index (χ0n) is 15.4. The molecule has 5 nitrogen and oxygen atoms in total. The molecule has 3 N–H and O–H groups in total. The summed E-state index contributed by atoms with van der Waals surface area (Å²) in [6.45, 7) is 3.78. The van der Waals surface area contributed by atoms with Crippen molar-refractivity contribution in [3.63, 3.8) is 0 Å². The van der Waals surface area contributed by atoms with Gasteiger partial charge in [-0.1, -0.05) is 44.2 Å². The van der Waals surface area contributed by atoms with Crippen LogP contribution >= 0.6 is 0 Å². The third-order valence-electron chi connectivity index (χ3n) is 4.24. The molecule has 1 atom stereocenters. The number of benzene rings is 2. The van der Waals surface area contributed by atoms with E-state index in [1.807, 2.05) is 13.8 Å². The predicted molar refractivity (Wildman–Crippen MR) is 96.6 cm³/mol. The van der Waals surface area contributed by atoms with E-state index >= 15 is 0 Å². The first kappa shape index (κ1) is 21.4. The van der Waals surface area contributed by atoms with Crippen LogP contribution in [-0.2, 0) is 17.4 Å². The van der Waals surface area contributed by atoms with Crippen LogP contribution in [0.25, 0.3) is 0 Å². The normalized spacial score (nSPS) is 12.5. The molecule has 0 bridgehead atoms. The Kier molecular flexibility index (Phi) is 6.80. The number of carbonyl (C=O) groups excluding carboxylic acids is 2. The Hall–Kier alpha value is -2.87. The van der Waals surface area contributed by atoms with Crippen molar-refractivity contribution in [2.45, 2.75) is 32.5 Å². The Morgan fingerprint density at radius 1 is 1.07 bits per heavy atom. The van der Waals surface area contributed by atoms with E-state index in [1.54, 1.807) is 12.1 Å². The van der Waals surface area contributed by atoms with Crippen LogP contribution in [0, 0.1) is 5.92 Å². The van der Waals surface area contributed by atoms with Crippen molar-refractivity contribution in [3.05, 3.63) is 70.8 Å². The van der Waals surface area contributed by atoms with Gasteiger partial charge in [-0.3, -0.25) is 14.8 Å². The van der Waals surface area contributed by atoms with Crippen LogP contribution in [0.15, 0.2) is 48.5 Å². The number of rotatable bonds is 6. The van der Waals surface area contributed by atoms with E-state index in [0.29, 0.717) is 0 Å². The zero-order valence-corrected chi connectivity index (χ0v) is 15.4. The molecule has 150 valence electrons. The number of hydrogen-bond donors (Lipinski definition) is 3. The van der Waals surface area contributed by atoms with Crippen molar-refractivity contribution >= 4 is 11.8 Å². The van der Waals surface area contributed by atoms with Gasteiger partial charge in [0.1, 0.15) is 0 Å². The Labute approximate surface area is 160 Å². The lowest BCUT2D eigenvalue weighted by Crippen LogP contribution is -2.33. The van der Waals surface area contributed by atoms with Gasteiger partial charge in [-0.25, -0.2) is 5.48 Å². The third-order valence-corrected chi connectivity index (χ3v) is 4.24. The first-order chi connectivity index (χ1) is 13.1. The Morgan fingerprint density at radius 3 is 2.25 bits per heavy atom. The molecule has 0 saturated carbocycles. The van der Waals surface area contributed by atoms with Crippen LogP contribution in [0.4, 0.5) is 13.2 Å². The lowest BCUT2D eigenvalue weighted by atomic mass is 9.94. The molecule has 0 saturated heterocycles. The molecule has 0 aliphatic heterocycles. The number of nitrogens with one attached hydrogen (secondary N) is 2. The van der Waals surface area contributed by atoms with Crippen LogP contribution < -0.4 is 10.8 Å². The van der Waals surface area contributed by atoms with Gasteiger partial charge in [-0.15, -0.1) is 0 Å². The van der Waals surface area contributed by atoms with Crippen LogP contribution in [0.3, 0.4) is 0 Å². The first-order valence-electron chi connectivity index (χ1n) is 8.61. The van der Waals surface area contributed by atoms with Crippen LogP contribution in [0.1, 0.15) is 46.9 Å². The molecule has 1 unspecified atom stereocenters. The van der Waals surface area contributed by atoms with Crippen molar-refractivity contribution in [1.29, 1.82) is 0 Å². The second-order valence-electron chi connectivity index (χ2n) is 6.73. The second-order valence-corrected chi connectivity index (χ2v) is 6.73. The molecule has 2 aromatic rings. The standard InChI is InChI=1S/C20H21F3N2O3/c1-12(2)18(14-6-8-15(9-7-14)19(27)25-28)24-17(26)11-13-4-3-5-16(10-13)20(21,22)23/h3-10,12,18,28H,11H2,1-2H3,(H,24,26)(H,25,27). The summed E-state index contributed by atoms with van der Waals surface area (Å²) in [5.74, 6) is -1.06. The maximum Gasteiger partial charge on any atom is 0.416 e. The summed E-state index contributed by atoms with van der Waals surface area (Å²) < 4.78 is 38.4. The van der Waals surface area contributed by atoms with Crippen LogP contribution in [0.2, 0.25) is 0 Å². The molecule has 28 heavy (non-hydrogen) atoms. The minimum atomic E-state index is -4.46. The molecule has 0 heterocycles. The highest BCUT2D eigenvalue weighted by Crippen LogP contribution is 2.29. The lowest BCUT2D eigenvalue weighted by Gasteiger charge is -2.23. The minimum absolute atomic E-state index is 0.00276. The van der Waals surface area contributed by atoms with E-state index in [-0.39, 0.29) is 29.5 Å². The number of hydroxylamine groups is 1. The lowest BCUT2D eigenvalue weighted by molar-refractivity contribution is -0.137. The minimum Gasteiger partial charge on any atom is -0.349 e. The molecule has 8 heteroatoms. The van der Waals surface area contributed by atoms with E-state index in [0.717, 1.165) is 17.7 Å². The third kappa shape index (κ3) is 5.56. The monoisotopic (exact) mass is 394 g/mol. The molecular formula is C20H21F3N2O3. The van der Waals surface area contributed by atoms with Crippen molar-refractivity contribution in [3.8, 4) is 0 Å².